The predicted molar refractivity (Wildman–Crippen MR) is 83.0 cm³/mol. The maximum absolute atomic E-state index is 12.5. The van der Waals surface area contributed by atoms with Gasteiger partial charge in [-0.15, -0.1) is 0 Å². The second kappa shape index (κ2) is 8.15. The Morgan fingerprint density at radius 2 is 1.90 bits per heavy atom. The van der Waals surface area contributed by atoms with Crippen molar-refractivity contribution in [3.63, 3.8) is 0 Å². The minimum Gasteiger partial charge on any atom is -0.493 e. The number of hydrogen-bond acceptors (Lipinski definition) is 4. The van der Waals surface area contributed by atoms with Crippen LogP contribution < -0.4 is 4.74 Å². The number of ketones is 1. The van der Waals surface area contributed by atoms with Crippen molar-refractivity contribution in [2.24, 2.45) is 0 Å². The zero-order chi connectivity index (χ0) is 15.1. The molecule has 1 heterocycles. The summed E-state index contributed by atoms with van der Waals surface area (Å²) in [5, 5.41) is 0. The second-order valence-electron chi connectivity index (χ2n) is 5.28. The minimum atomic E-state index is 0.133. The highest BCUT2D eigenvalue weighted by molar-refractivity contribution is 6.00. The van der Waals surface area contributed by atoms with Gasteiger partial charge in [0.15, 0.2) is 5.78 Å². The van der Waals surface area contributed by atoms with Gasteiger partial charge in [-0.05, 0) is 38.8 Å². The van der Waals surface area contributed by atoms with Crippen LogP contribution in [0, 0.1) is 0 Å². The monoisotopic (exact) mass is 291 g/mol. The molecule has 116 valence electrons. The quantitative estimate of drug-likeness (QED) is 0.724. The maximum atomic E-state index is 12.5. The van der Waals surface area contributed by atoms with Gasteiger partial charge in [-0.3, -0.25) is 9.69 Å². The Hall–Kier alpha value is -1.39. The Labute approximate surface area is 127 Å². The third-order valence-corrected chi connectivity index (χ3v) is 3.79. The van der Waals surface area contributed by atoms with Crippen molar-refractivity contribution in [3.05, 3.63) is 29.8 Å². The Kier molecular flexibility index (Phi) is 6.21. The Morgan fingerprint density at radius 1 is 1.19 bits per heavy atom. The molecule has 1 aliphatic rings. The molecule has 0 bridgehead atoms. The largest absolute Gasteiger partial charge is 0.493 e. The van der Waals surface area contributed by atoms with Crippen molar-refractivity contribution in [1.82, 2.24) is 4.90 Å². The molecule has 0 radical (unpaired) electrons. The summed E-state index contributed by atoms with van der Waals surface area (Å²) < 4.78 is 11.2. The highest BCUT2D eigenvalue weighted by Crippen LogP contribution is 2.20. The number of para-hydroxylation sites is 1. The number of Topliss-reactive ketones (excluding diaryl/α,β-unsaturated/α-hetero) is 1. The van der Waals surface area contributed by atoms with Crippen molar-refractivity contribution in [3.8, 4) is 5.75 Å². The molecule has 0 atom stereocenters. The summed E-state index contributed by atoms with van der Waals surface area (Å²) in [4.78, 5) is 14.7. The summed E-state index contributed by atoms with van der Waals surface area (Å²) >= 11 is 0. The first-order valence-electron chi connectivity index (χ1n) is 7.83. The Bertz CT molecular complexity index is 453. The van der Waals surface area contributed by atoms with E-state index in [0.717, 1.165) is 32.5 Å². The van der Waals surface area contributed by atoms with Crippen LogP contribution in [0.15, 0.2) is 24.3 Å². The number of hydrogen-bond donors (Lipinski definition) is 0. The van der Waals surface area contributed by atoms with Gasteiger partial charge < -0.3 is 9.47 Å². The van der Waals surface area contributed by atoms with Crippen LogP contribution in [0.25, 0.3) is 0 Å². The van der Waals surface area contributed by atoms with E-state index in [1.54, 1.807) is 0 Å². The molecule has 4 nitrogen and oxygen atoms in total. The molecule has 21 heavy (non-hydrogen) atoms. The van der Waals surface area contributed by atoms with E-state index in [-0.39, 0.29) is 5.78 Å². The predicted octanol–water partition coefficient (Wildman–Crippen LogP) is 2.77. The van der Waals surface area contributed by atoms with Crippen molar-refractivity contribution >= 4 is 5.78 Å². The van der Waals surface area contributed by atoms with E-state index in [2.05, 4.69) is 4.90 Å². The van der Waals surface area contributed by atoms with Crippen LogP contribution >= 0.6 is 0 Å². The van der Waals surface area contributed by atoms with Crippen molar-refractivity contribution in [2.75, 3.05) is 32.8 Å². The summed E-state index contributed by atoms with van der Waals surface area (Å²) in [7, 11) is 0. The molecule has 1 aromatic rings. The fourth-order valence-corrected chi connectivity index (χ4v) is 2.74. The van der Waals surface area contributed by atoms with E-state index >= 15 is 0 Å². The molecule has 0 saturated carbocycles. The van der Waals surface area contributed by atoms with E-state index in [1.807, 2.05) is 38.1 Å². The molecule has 0 aliphatic carbocycles. The van der Waals surface area contributed by atoms with E-state index in [9.17, 15) is 4.79 Å². The number of rotatable bonds is 7. The Balaban J connectivity index is 1.90. The maximum Gasteiger partial charge on any atom is 0.180 e. The van der Waals surface area contributed by atoms with Crippen molar-refractivity contribution in [1.29, 1.82) is 0 Å². The lowest BCUT2D eigenvalue weighted by atomic mass is 10.1. The standard InChI is InChI=1S/C17H25NO3/c1-3-20-14-9-11-18(12-10-14)13-16(19)15-7-5-6-8-17(15)21-4-2/h5-8,14H,3-4,9-13H2,1-2H3. The van der Waals surface area contributed by atoms with E-state index < -0.39 is 0 Å². The second-order valence-corrected chi connectivity index (χ2v) is 5.28. The lowest BCUT2D eigenvalue weighted by molar-refractivity contribution is 0.0147. The molecule has 4 heteroatoms. The average molecular weight is 291 g/mol. The fraction of sp³-hybridized carbons (Fsp3) is 0.588. The van der Waals surface area contributed by atoms with Gasteiger partial charge in [0, 0.05) is 19.7 Å². The summed E-state index contributed by atoms with van der Waals surface area (Å²) in [5.74, 6) is 0.822. The molecule has 1 aromatic carbocycles. The molecule has 0 amide bonds. The topological polar surface area (TPSA) is 38.8 Å². The fourth-order valence-electron chi connectivity index (χ4n) is 2.74. The number of ether oxygens (including phenoxy) is 2. The SMILES string of the molecule is CCOc1ccccc1C(=O)CN1CCC(OCC)CC1. The van der Waals surface area contributed by atoms with Gasteiger partial charge in [0.2, 0.25) is 0 Å². The van der Waals surface area contributed by atoms with Gasteiger partial charge in [0.1, 0.15) is 5.75 Å². The van der Waals surface area contributed by atoms with Crippen LogP contribution in [0.4, 0.5) is 0 Å². The first-order chi connectivity index (χ1) is 10.2. The Morgan fingerprint density at radius 3 is 2.57 bits per heavy atom. The molecule has 0 unspecified atom stereocenters. The summed E-state index contributed by atoms with van der Waals surface area (Å²) in [6.45, 7) is 7.61. The van der Waals surface area contributed by atoms with Gasteiger partial charge in [-0.25, -0.2) is 0 Å². The molecule has 1 saturated heterocycles. The zero-order valence-corrected chi connectivity index (χ0v) is 13.0. The molecule has 0 N–H and O–H groups in total. The molecule has 1 fully saturated rings. The normalized spacial score (nSPS) is 16.9. The summed E-state index contributed by atoms with van der Waals surface area (Å²) in [5.41, 5.74) is 0.686. The van der Waals surface area contributed by atoms with Gasteiger partial charge in [-0.1, -0.05) is 12.1 Å². The van der Waals surface area contributed by atoms with Crippen LogP contribution in [-0.2, 0) is 4.74 Å². The van der Waals surface area contributed by atoms with E-state index in [0.29, 0.717) is 30.6 Å². The van der Waals surface area contributed by atoms with Crippen LogP contribution in [0.3, 0.4) is 0 Å². The highest BCUT2D eigenvalue weighted by atomic mass is 16.5. The highest BCUT2D eigenvalue weighted by Gasteiger charge is 2.22. The zero-order valence-electron chi connectivity index (χ0n) is 13.0. The molecule has 0 spiro atoms. The van der Waals surface area contributed by atoms with E-state index in [4.69, 9.17) is 9.47 Å². The van der Waals surface area contributed by atoms with Crippen LogP contribution in [0.5, 0.6) is 5.75 Å². The van der Waals surface area contributed by atoms with Crippen LogP contribution in [0.2, 0.25) is 0 Å². The first kappa shape index (κ1) is 16.0. The third-order valence-electron chi connectivity index (χ3n) is 3.79. The van der Waals surface area contributed by atoms with Gasteiger partial charge in [-0.2, -0.15) is 0 Å². The average Bonchev–Trinajstić information content (AvgIpc) is 2.50. The van der Waals surface area contributed by atoms with Crippen molar-refractivity contribution in [2.45, 2.75) is 32.8 Å². The molecular formula is C17H25NO3. The molecule has 1 aliphatic heterocycles. The van der Waals surface area contributed by atoms with Crippen LogP contribution in [-0.4, -0.2) is 49.6 Å². The molecule has 2 rings (SSSR count). The van der Waals surface area contributed by atoms with Gasteiger partial charge in [0.25, 0.3) is 0 Å². The lowest BCUT2D eigenvalue weighted by Gasteiger charge is -2.31. The van der Waals surface area contributed by atoms with Crippen molar-refractivity contribution < 1.29 is 14.3 Å². The number of likely N-dealkylation sites (tertiary alicyclic amines) is 1. The number of carbonyl (C=O) groups is 1. The van der Waals surface area contributed by atoms with E-state index in [1.165, 1.54) is 0 Å². The number of carbonyl (C=O) groups excluding carboxylic acids is 1. The van der Waals surface area contributed by atoms with Crippen LogP contribution in [0.1, 0.15) is 37.0 Å². The summed E-state index contributed by atoms with van der Waals surface area (Å²) in [6, 6.07) is 7.49. The third kappa shape index (κ3) is 4.55. The minimum absolute atomic E-state index is 0.133. The molecule has 0 aromatic heterocycles. The molecular weight excluding hydrogens is 266 g/mol. The number of benzene rings is 1. The van der Waals surface area contributed by atoms with Gasteiger partial charge in [0.05, 0.1) is 24.8 Å². The smallest absolute Gasteiger partial charge is 0.180 e. The number of nitrogens with zero attached hydrogens (tertiary/aromatic N) is 1. The number of piperidine rings is 1. The first-order valence-corrected chi connectivity index (χ1v) is 7.83. The lowest BCUT2D eigenvalue weighted by Crippen LogP contribution is -2.40. The summed E-state index contributed by atoms with van der Waals surface area (Å²) in [6.07, 6.45) is 2.37. The van der Waals surface area contributed by atoms with Gasteiger partial charge >= 0.3 is 0 Å².